The van der Waals surface area contributed by atoms with Crippen LogP contribution in [-0.2, 0) is 23.2 Å². The van der Waals surface area contributed by atoms with Crippen LogP contribution in [0, 0.1) is 11.8 Å². The van der Waals surface area contributed by atoms with Gasteiger partial charge in [-0.05, 0) is 0 Å². The topological polar surface area (TPSA) is 0 Å². The number of hydrogen-bond donors (Lipinski definition) is 0. The summed E-state index contributed by atoms with van der Waals surface area (Å²) in [5.41, 5.74) is 16.0. The van der Waals surface area contributed by atoms with Crippen molar-refractivity contribution in [2.75, 3.05) is 0 Å². The van der Waals surface area contributed by atoms with Crippen LogP contribution in [0.3, 0.4) is 0 Å². The molecular weight excluding hydrogens is 767 g/mol. The molecule has 6 aromatic carbocycles. The quantitative estimate of drug-likeness (QED) is 0.152. The predicted molar refractivity (Wildman–Crippen MR) is 214 cm³/mol. The molecule has 0 saturated carbocycles. The van der Waals surface area contributed by atoms with Crippen LogP contribution in [0.2, 0.25) is 13.1 Å². The van der Waals surface area contributed by atoms with Crippen LogP contribution in [-0.4, -0.2) is 8.07 Å². The molecule has 1 heterocycles. The Balaban J connectivity index is 0.00000210. The van der Waals surface area contributed by atoms with Gasteiger partial charge in [0.1, 0.15) is 0 Å². The minimum absolute atomic E-state index is 0. The molecule has 0 amide bonds. The first-order valence-corrected chi connectivity index (χ1v) is 24.7. The van der Waals surface area contributed by atoms with Crippen molar-refractivity contribution in [2.45, 2.75) is 60.9 Å². The summed E-state index contributed by atoms with van der Waals surface area (Å²) in [6.07, 6.45) is 2.40. The maximum Gasteiger partial charge on any atom is -1.00 e. The van der Waals surface area contributed by atoms with Gasteiger partial charge in [0.15, 0.2) is 0 Å². The van der Waals surface area contributed by atoms with Crippen LogP contribution >= 0.6 is 0 Å². The third-order valence-electron chi connectivity index (χ3n) is 12.5. The molecule has 0 saturated heterocycles. The van der Waals surface area contributed by atoms with Crippen LogP contribution in [0.25, 0.3) is 54.2 Å². The zero-order chi connectivity index (χ0) is 34.3. The fourth-order valence-corrected chi connectivity index (χ4v) is 20.8. The van der Waals surface area contributed by atoms with Crippen molar-refractivity contribution in [3.05, 3.63) is 155 Å². The third kappa shape index (κ3) is 5.46. The van der Waals surface area contributed by atoms with Crippen LogP contribution in [0.1, 0.15) is 70.0 Å². The van der Waals surface area contributed by atoms with Crippen molar-refractivity contribution in [1.82, 2.24) is 0 Å². The molecule has 52 heavy (non-hydrogen) atoms. The second-order valence-corrected chi connectivity index (χ2v) is 23.4. The van der Waals surface area contributed by atoms with Gasteiger partial charge >= 0.3 is 313 Å². The van der Waals surface area contributed by atoms with Gasteiger partial charge in [0.05, 0.1) is 0 Å². The van der Waals surface area contributed by atoms with E-state index in [0.29, 0.717) is 19.1 Å². The predicted octanol–water partition coefficient (Wildman–Crippen LogP) is 7.63. The van der Waals surface area contributed by atoms with Gasteiger partial charge in [0, 0.05) is 0 Å². The van der Waals surface area contributed by atoms with Gasteiger partial charge in [-0.1, -0.05) is 0 Å². The Morgan fingerprint density at radius 2 is 0.865 bits per heavy atom. The standard InChI is InChI=1S/C48H46Si.2ClH.Zr/c1-7-31(3)43-29-35-21-15-27-41(39-25-13-19-33-17-9-11-23-37(33)39)45(35)47(43)49(5,6)48-44(32(4)8-2)30-36-22-16-28-42(46(36)48)40-26-14-20-34-18-10-12-24-38(34)40;;;/h9-32H,7-8H2,1-6H3;2*1H;/q;;;+2/p-2. The smallest absolute Gasteiger partial charge is 1.00 e. The Hall–Kier alpha value is -3.00. The van der Waals surface area contributed by atoms with Crippen molar-refractivity contribution in [3.8, 4) is 22.3 Å². The molecule has 6 aromatic rings. The number of halogens is 2. The zero-order valence-electron chi connectivity index (χ0n) is 31.0. The summed E-state index contributed by atoms with van der Waals surface area (Å²) >= 11 is -1.08. The van der Waals surface area contributed by atoms with Gasteiger partial charge < -0.3 is 24.8 Å². The summed E-state index contributed by atoms with van der Waals surface area (Å²) < 4.78 is 1.22. The molecule has 4 unspecified atom stereocenters. The second-order valence-electron chi connectivity index (χ2n) is 15.5. The van der Waals surface area contributed by atoms with E-state index in [9.17, 15) is 0 Å². The number of benzene rings is 6. The Labute approximate surface area is 335 Å². The Morgan fingerprint density at radius 3 is 1.29 bits per heavy atom. The molecule has 0 radical (unpaired) electrons. The van der Waals surface area contributed by atoms with E-state index in [4.69, 9.17) is 0 Å². The molecule has 0 spiro atoms. The first kappa shape index (κ1) is 37.3. The van der Waals surface area contributed by atoms with Crippen molar-refractivity contribution in [3.63, 3.8) is 0 Å². The minimum atomic E-state index is -2.31. The van der Waals surface area contributed by atoms with E-state index < -0.39 is 31.3 Å². The monoisotopic (exact) mass is 810 g/mol. The van der Waals surface area contributed by atoms with Crippen LogP contribution in [0.4, 0.5) is 0 Å². The molecule has 0 fully saturated rings. The molecule has 260 valence electrons. The van der Waals surface area contributed by atoms with Gasteiger partial charge in [0.25, 0.3) is 0 Å². The molecule has 2 aliphatic carbocycles. The van der Waals surface area contributed by atoms with Crippen LogP contribution in [0.5, 0.6) is 0 Å². The Kier molecular flexibility index (Phi) is 10.3. The number of hydrogen-bond acceptors (Lipinski definition) is 0. The number of fused-ring (bicyclic) bond motifs is 10. The summed E-state index contributed by atoms with van der Waals surface area (Å²) in [7, 11) is -2.31. The zero-order valence-corrected chi connectivity index (χ0v) is 36.0. The van der Waals surface area contributed by atoms with E-state index >= 15 is 0 Å². The first-order valence-electron chi connectivity index (χ1n) is 18.8. The van der Waals surface area contributed by atoms with Crippen molar-refractivity contribution < 1.29 is 48.0 Å². The maximum absolute atomic E-state index is 2.75. The average molecular weight is 813 g/mol. The summed E-state index contributed by atoms with van der Waals surface area (Å²) in [5, 5.41) is 8.97. The SMILES string of the molecule is CCC(C)C1=C2c3c(-c4cccc5ccccc45)cccc3[CH]1[Zr+2][CH]1C(C(C)CC)=C(c3c(-c4cccc5ccccc45)cccc31)[Si]2(C)C.[Cl-].[Cl-]. The van der Waals surface area contributed by atoms with Crippen molar-refractivity contribution in [1.29, 1.82) is 0 Å². The summed E-state index contributed by atoms with van der Waals surface area (Å²) in [6.45, 7) is 15.5. The van der Waals surface area contributed by atoms with E-state index in [1.165, 1.54) is 56.6 Å². The van der Waals surface area contributed by atoms with Crippen molar-refractivity contribution in [2.24, 2.45) is 11.8 Å². The summed E-state index contributed by atoms with van der Waals surface area (Å²) in [5.74, 6) is 1.17. The van der Waals surface area contributed by atoms with Crippen molar-refractivity contribution >= 4 is 40.0 Å². The van der Waals surface area contributed by atoms with E-state index in [-0.39, 0.29) is 24.8 Å². The molecule has 9 rings (SSSR count). The van der Waals surface area contributed by atoms with Gasteiger partial charge in [-0.3, -0.25) is 0 Å². The summed E-state index contributed by atoms with van der Waals surface area (Å²) in [4.78, 5) is 0. The largest absolute Gasteiger partial charge is 1.00 e. The fourth-order valence-electron chi connectivity index (χ4n) is 9.96. The van der Waals surface area contributed by atoms with E-state index in [1.54, 1.807) is 32.6 Å². The number of rotatable bonds is 6. The second kappa shape index (κ2) is 14.3. The Bertz CT molecular complexity index is 2240. The fraction of sp³-hybridized carbons (Fsp3) is 0.250. The van der Waals surface area contributed by atoms with Gasteiger partial charge in [-0.2, -0.15) is 0 Å². The van der Waals surface area contributed by atoms with Crippen LogP contribution < -0.4 is 24.8 Å². The molecule has 4 bridgehead atoms. The first-order chi connectivity index (χ1) is 24.3. The minimum Gasteiger partial charge on any atom is -1.00 e. The molecule has 0 N–H and O–H groups in total. The average Bonchev–Trinajstić information content (AvgIpc) is 3.69. The third-order valence-corrected chi connectivity index (χ3v) is 20.8. The maximum atomic E-state index is 2.75. The van der Waals surface area contributed by atoms with Gasteiger partial charge in [-0.15, -0.1) is 0 Å². The normalized spacial score (nSPS) is 19.0. The Morgan fingerprint density at radius 1 is 0.500 bits per heavy atom. The molecule has 0 aromatic heterocycles. The van der Waals surface area contributed by atoms with Crippen LogP contribution in [0.15, 0.2) is 132 Å². The molecule has 1 aliphatic heterocycles. The molecular formula is C48H46Cl2SiZr. The van der Waals surface area contributed by atoms with E-state index in [1.807, 2.05) is 11.1 Å². The van der Waals surface area contributed by atoms with Gasteiger partial charge in [0.2, 0.25) is 0 Å². The van der Waals surface area contributed by atoms with E-state index in [2.05, 4.69) is 162 Å². The molecule has 3 aliphatic rings. The molecule has 0 nitrogen and oxygen atoms in total. The molecule has 4 atom stereocenters. The van der Waals surface area contributed by atoms with Gasteiger partial charge in [-0.25, -0.2) is 0 Å². The number of allylic oxidation sites excluding steroid dienone is 2. The van der Waals surface area contributed by atoms with E-state index in [0.717, 1.165) is 0 Å². The molecule has 4 heteroatoms. The summed E-state index contributed by atoms with van der Waals surface area (Å²) in [6, 6.07) is 46.7.